The molecule has 0 radical (unpaired) electrons. The molecular weight excluding hydrogens is 336 g/mol. The molecule has 1 heterocycles. The molecule has 0 aliphatic carbocycles. The van der Waals surface area contributed by atoms with Crippen molar-refractivity contribution in [2.45, 2.75) is 31.9 Å². The summed E-state index contributed by atoms with van der Waals surface area (Å²) in [5.74, 6) is 0. The van der Waals surface area contributed by atoms with Crippen LogP contribution in [0.1, 0.15) is 38.2 Å². The highest BCUT2D eigenvalue weighted by Gasteiger charge is 2.18. The van der Waals surface area contributed by atoms with Gasteiger partial charge in [-0.1, -0.05) is 51.8 Å². The number of rotatable bonds is 2. The normalized spacial score (nSPS) is 15.2. The van der Waals surface area contributed by atoms with E-state index in [0.717, 1.165) is 17.2 Å². The van der Waals surface area contributed by atoms with E-state index in [1.807, 2.05) is 6.07 Å². The summed E-state index contributed by atoms with van der Waals surface area (Å²) < 4.78 is 5.47. The Morgan fingerprint density at radius 3 is 2.55 bits per heavy atom. The van der Waals surface area contributed by atoms with Gasteiger partial charge in [-0.05, 0) is 53.3 Å². The number of aryl methyl sites for hydroxylation is 2. The summed E-state index contributed by atoms with van der Waals surface area (Å²) >= 11 is 10.2. The lowest BCUT2D eigenvalue weighted by Crippen LogP contribution is -1.97. The van der Waals surface area contributed by atoms with Gasteiger partial charge in [-0.25, -0.2) is 0 Å². The van der Waals surface area contributed by atoms with E-state index in [0.29, 0.717) is 6.61 Å². The number of alkyl halides is 1. The first kappa shape index (κ1) is 14.1. The van der Waals surface area contributed by atoms with Crippen LogP contribution in [0.4, 0.5) is 0 Å². The minimum absolute atomic E-state index is 0.111. The largest absolute Gasteiger partial charge is 0.372 e. The van der Waals surface area contributed by atoms with E-state index in [-0.39, 0.29) is 4.83 Å². The maximum atomic E-state index is 6.41. The van der Waals surface area contributed by atoms with Gasteiger partial charge in [0.05, 0.1) is 18.0 Å². The van der Waals surface area contributed by atoms with Crippen molar-refractivity contribution in [1.82, 2.24) is 0 Å². The number of benzene rings is 2. The van der Waals surface area contributed by atoms with Gasteiger partial charge >= 0.3 is 0 Å². The third kappa shape index (κ3) is 2.52. The Kier molecular flexibility index (Phi) is 3.89. The Morgan fingerprint density at radius 2 is 1.75 bits per heavy atom. The van der Waals surface area contributed by atoms with E-state index in [2.05, 4.69) is 54.0 Å². The smallest absolute Gasteiger partial charge is 0.0725 e. The van der Waals surface area contributed by atoms with Gasteiger partial charge in [0.1, 0.15) is 0 Å². The van der Waals surface area contributed by atoms with Crippen molar-refractivity contribution in [2.24, 2.45) is 0 Å². The van der Waals surface area contributed by atoms with Crippen LogP contribution in [-0.2, 0) is 18.0 Å². The summed E-state index contributed by atoms with van der Waals surface area (Å²) in [5, 5.41) is 0.812. The van der Waals surface area contributed by atoms with Crippen LogP contribution >= 0.6 is 27.5 Å². The van der Waals surface area contributed by atoms with Crippen molar-refractivity contribution in [2.75, 3.05) is 0 Å². The van der Waals surface area contributed by atoms with Crippen molar-refractivity contribution in [3.8, 4) is 0 Å². The molecule has 0 N–H and O–H groups in total. The third-order valence-electron chi connectivity index (χ3n) is 3.92. The molecule has 1 nitrogen and oxygen atoms in total. The van der Waals surface area contributed by atoms with Crippen LogP contribution in [0, 0.1) is 13.8 Å². The minimum atomic E-state index is 0.111. The number of hydrogen-bond donors (Lipinski definition) is 0. The fraction of sp³-hybridized carbons (Fsp3) is 0.294. The molecule has 0 bridgehead atoms. The number of fused-ring (bicyclic) bond motifs is 1. The fourth-order valence-electron chi connectivity index (χ4n) is 2.53. The average molecular weight is 352 g/mol. The molecule has 1 aliphatic heterocycles. The Morgan fingerprint density at radius 1 is 1.05 bits per heavy atom. The second-order valence-corrected chi connectivity index (χ2v) is 6.66. The van der Waals surface area contributed by atoms with E-state index >= 15 is 0 Å². The molecule has 1 unspecified atom stereocenters. The summed E-state index contributed by atoms with van der Waals surface area (Å²) in [6, 6.07) is 10.7. The monoisotopic (exact) mass is 350 g/mol. The third-order valence-corrected chi connectivity index (χ3v) is 5.27. The van der Waals surface area contributed by atoms with Crippen molar-refractivity contribution < 1.29 is 4.74 Å². The molecule has 0 fully saturated rings. The molecule has 0 saturated carbocycles. The Labute approximate surface area is 133 Å². The quantitative estimate of drug-likeness (QED) is 0.652. The first-order valence-electron chi connectivity index (χ1n) is 6.66. The fourth-order valence-corrected chi connectivity index (χ4v) is 3.65. The Balaban J connectivity index is 2.00. The van der Waals surface area contributed by atoms with Crippen LogP contribution in [0.25, 0.3) is 0 Å². The molecule has 2 aromatic carbocycles. The number of halogens is 2. The molecule has 1 aliphatic rings. The predicted molar refractivity (Wildman–Crippen MR) is 86.6 cm³/mol. The molecule has 3 rings (SSSR count). The average Bonchev–Trinajstić information content (AvgIpc) is 2.89. The van der Waals surface area contributed by atoms with Crippen molar-refractivity contribution >= 4 is 27.5 Å². The predicted octanol–water partition coefficient (Wildman–Crippen LogP) is 5.47. The van der Waals surface area contributed by atoms with Gasteiger partial charge < -0.3 is 4.74 Å². The lowest BCUT2D eigenvalue weighted by Gasteiger charge is -2.15. The van der Waals surface area contributed by atoms with Gasteiger partial charge in [-0.2, -0.15) is 0 Å². The Bertz CT molecular complexity index is 666. The van der Waals surface area contributed by atoms with Crippen molar-refractivity contribution in [3.05, 3.63) is 68.7 Å². The van der Waals surface area contributed by atoms with Gasteiger partial charge in [0.15, 0.2) is 0 Å². The van der Waals surface area contributed by atoms with E-state index in [1.165, 1.54) is 27.8 Å². The van der Waals surface area contributed by atoms with Gasteiger partial charge in [0.25, 0.3) is 0 Å². The molecule has 0 saturated heterocycles. The summed E-state index contributed by atoms with van der Waals surface area (Å²) in [5.41, 5.74) is 7.40. The molecule has 0 amide bonds. The zero-order valence-electron chi connectivity index (χ0n) is 11.5. The summed E-state index contributed by atoms with van der Waals surface area (Å²) in [6.07, 6.45) is 0. The molecular formula is C17H16BrClO. The van der Waals surface area contributed by atoms with Crippen LogP contribution < -0.4 is 0 Å². The SMILES string of the molecule is Cc1cc(Cl)c(C(Br)c2ccc3c(c2)COC3)cc1C. The highest BCUT2D eigenvalue weighted by Crippen LogP contribution is 2.38. The van der Waals surface area contributed by atoms with E-state index < -0.39 is 0 Å². The highest BCUT2D eigenvalue weighted by molar-refractivity contribution is 9.09. The summed E-state index contributed by atoms with van der Waals surface area (Å²) in [4.78, 5) is 0.111. The summed E-state index contributed by atoms with van der Waals surface area (Å²) in [6.45, 7) is 5.64. The maximum Gasteiger partial charge on any atom is 0.0725 e. The maximum absolute atomic E-state index is 6.41. The molecule has 0 spiro atoms. The lowest BCUT2D eigenvalue weighted by atomic mass is 9.98. The van der Waals surface area contributed by atoms with Gasteiger partial charge in [-0.15, -0.1) is 0 Å². The van der Waals surface area contributed by atoms with Gasteiger partial charge in [-0.3, -0.25) is 0 Å². The van der Waals surface area contributed by atoms with E-state index in [1.54, 1.807) is 0 Å². The van der Waals surface area contributed by atoms with Gasteiger partial charge in [0.2, 0.25) is 0 Å². The van der Waals surface area contributed by atoms with E-state index in [9.17, 15) is 0 Å². The Hall–Kier alpha value is -0.830. The molecule has 1 atom stereocenters. The standard InChI is InChI=1S/C17H16BrClO/c1-10-5-15(16(19)6-11(10)2)17(18)12-3-4-13-8-20-9-14(13)7-12/h3-7,17H,8-9H2,1-2H3. The zero-order valence-corrected chi connectivity index (χ0v) is 13.9. The second kappa shape index (κ2) is 5.51. The number of ether oxygens (including phenoxy) is 1. The highest BCUT2D eigenvalue weighted by atomic mass is 79.9. The minimum Gasteiger partial charge on any atom is -0.372 e. The van der Waals surface area contributed by atoms with Crippen LogP contribution in [0.3, 0.4) is 0 Å². The summed E-state index contributed by atoms with van der Waals surface area (Å²) in [7, 11) is 0. The van der Waals surface area contributed by atoms with Crippen LogP contribution in [0.15, 0.2) is 30.3 Å². The van der Waals surface area contributed by atoms with Crippen molar-refractivity contribution in [1.29, 1.82) is 0 Å². The molecule has 0 aromatic heterocycles. The molecule has 2 aromatic rings. The first-order chi connectivity index (χ1) is 9.56. The van der Waals surface area contributed by atoms with E-state index in [4.69, 9.17) is 16.3 Å². The molecule has 104 valence electrons. The van der Waals surface area contributed by atoms with Gasteiger partial charge in [0, 0.05) is 5.02 Å². The second-order valence-electron chi connectivity index (χ2n) is 5.34. The van der Waals surface area contributed by atoms with Crippen LogP contribution in [0.2, 0.25) is 5.02 Å². The first-order valence-corrected chi connectivity index (χ1v) is 7.96. The van der Waals surface area contributed by atoms with Crippen LogP contribution in [0.5, 0.6) is 0 Å². The lowest BCUT2D eigenvalue weighted by molar-refractivity contribution is 0.134. The zero-order chi connectivity index (χ0) is 14.3. The van der Waals surface area contributed by atoms with Crippen molar-refractivity contribution in [3.63, 3.8) is 0 Å². The van der Waals surface area contributed by atoms with Crippen LogP contribution in [-0.4, -0.2) is 0 Å². The molecule has 20 heavy (non-hydrogen) atoms. The number of hydrogen-bond acceptors (Lipinski definition) is 1. The molecule has 3 heteroatoms. The topological polar surface area (TPSA) is 9.23 Å².